The third-order valence-corrected chi connectivity index (χ3v) is 3.13. The summed E-state index contributed by atoms with van der Waals surface area (Å²) in [6.07, 6.45) is 2.48. The molecule has 0 saturated heterocycles. The number of carbonyl (C=O) groups excluding carboxylic acids is 1. The highest BCUT2D eigenvalue weighted by molar-refractivity contribution is 5.71. The Kier molecular flexibility index (Phi) is 4.79. The van der Waals surface area contributed by atoms with E-state index < -0.39 is 23.0 Å². The third kappa shape index (κ3) is 4.85. The molecule has 124 valence electrons. The molecule has 0 aliphatic rings. The first kappa shape index (κ1) is 17.1. The van der Waals surface area contributed by atoms with Crippen molar-refractivity contribution in [3.8, 4) is 0 Å². The van der Waals surface area contributed by atoms with Gasteiger partial charge in [0.05, 0.1) is 13.0 Å². The fraction of sp³-hybridized carbons (Fsp3) is 0.438. The Morgan fingerprint density at radius 2 is 1.96 bits per heavy atom. The number of halogens is 1. The zero-order chi connectivity index (χ0) is 17.1. The van der Waals surface area contributed by atoms with E-state index in [4.69, 9.17) is 4.74 Å². The molecule has 1 atom stereocenters. The van der Waals surface area contributed by atoms with E-state index >= 15 is 0 Å². The van der Waals surface area contributed by atoms with Crippen LogP contribution in [0.3, 0.4) is 0 Å². The van der Waals surface area contributed by atoms with Crippen LogP contribution in [0.15, 0.2) is 36.9 Å². The summed E-state index contributed by atoms with van der Waals surface area (Å²) < 4.78 is 19.8. The van der Waals surface area contributed by atoms with Crippen LogP contribution < -0.4 is 0 Å². The van der Waals surface area contributed by atoms with E-state index in [9.17, 15) is 14.3 Å². The molecule has 1 aromatic heterocycles. The van der Waals surface area contributed by atoms with E-state index in [1.807, 2.05) is 0 Å². The molecule has 0 amide bonds. The van der Waals surface area contributed by atoms with Crippen molar-refractivity contribution in [2.45, 2.75) is 44.9 Å². The lowest BCUT2D eigenvalue weighted by atomic mass is 9.90. The number of aromatic nitrogens is 3. The van der Waals surface area contributed by atoms with E-state index in [0.717, 1.165) is 0 Å². The molecule has 1 heterocycles. The van der Waals surface area contributed by atoms with E-state index in [-0.39, 0.29) is 13.0 Å². The maximum absolute atomic E-state index is 13.1. The van der Waals surface area contributed by atoms with Crippen molar-refractivity contribution in [1.29, 1.82) is 0 Å². The molecular formula is C16H20FN3O3. The highest BCUT2D eigenvalue weighted by Gasteiger charge is 2.35. The van der Waals surface area contributed by atoms with Gasteiger partial charge in [-0.05, 0) is 38.5 Å². The molecule has 7 heteroatoms. The van der Waals surface area contributed by atoms with Gasteiger partial charge in [0.25, 0.3) is 0 Å². The lowest BCUT2D eigenvalue weighted by Gasteiger charge is -2.29. The van der Waals surface area contributed by atoms with Crippen LogP contribution in [0, 0.1) is 5.82 Å². The van der Waals surface area contributed by atoms with Gasteiger partial charge in [-0.3, -0.25) is 4.79 Å². The smallest absolute Gasteiger partial charge is 0.309 e. The van der Waals surface area contributed by atoms with Gasteiger partial charge in [-0.1, -0.05) is 12.1 Å². The molecule has 0 spiro atoms. The number of hydrogen-bond acceptors (Lipinski definition) is 5. The van der Waals surface area contributed by atoms with Crippen LogP contribution in [0.5, 0.6) is 0 Å². The van der Waals surface area contributed by atoms with E-state index in [1.165, 1.54) is 41.6 Å². The number of carbonyl (C=O) groups is 1. The standard InChI is InChI=1S/C16H20FN3O3/c1-15(2,3)23-14(21)8-16(22,9-20-11-18-10-19-20)12-4-6-13(17)7-5-12/h4-7,10-11,22H,8-9H2,1-3H3. The van der Waals surface area contributed by atoms with Gasteiger partial charge in [0, 0.05) is 0 Å². The lowest BCUT2D eigenvalue weighted by Crippen LogP contribution is -2.37. The van der Waals surface area contributed by atoms with E-state index in [0.29, 0.717) is 5.56 Å². The Bertz CT molecular complexity index is 650. The number of hydrogen-bond donors (Lipinski definition) is 1. The summed E-state index contributed by atoms with van der Waals surface area (Å²) in [7, 11) is 0. The number of ether oxygens (including phenoxy) is 1. The Balaban J connectivity index is 2.27. The van der Waals surface area contributed by atoms with Crippen molar-refractivity contribution in [1.82, 2.24) is 14.8 Å². The minimum atomic E-state index is -1.58. The third-order valence-electron chi connectivity index (χ3n) is 3.13. The van der Waals surface area contributed by atoms with Gasteiger partial charge >= 0.3 is 5.97 Å². The van der Waals surface area contributed by atoms with Gasteiger partial charge in [0.15, 0.2) is 0 Å². The van der Waals surface area contributed by atoms with E-state index in [1.54, 1.807) is 20.8 Å². The lowest BCUT2D eigenvalue weighted by molar-refractivity contribution is -0.161. The second kappa shape index (κ2) is 6.45. The summed E-state index contributed by atoms with van der Waals surface area (Å²) in [5.41, 5.74) is -1.84. The van der Waals surface area contributed by atoms with Crippen LogP contribution >= 0.6 is 0 Å². The summed E-state index contributed by atoms with van der Waals surface area (Å²) in [5.74, 6) is -0.974. The minimum Gasteiger partial charge on any atom is -0.460 e. The van der Waals surface area contributed by atoms with Crippen molar-refractivity contribution < 1.29 is 19.0 Å². The maximum atomic E-state index is 13.1. The molecule has 0 fully saturated rings. The largest absolute Gasteiger partial charge is 0.460 e. The fourth-order valence-electron chi connectivity index (χ4n) is 2.21. The van der Waals surface area contributed by atoms with Gasteiger partial charge in [-0.15, -0.1) is 0 Å². The zero-order valence-electron chi connectivity index (χ0n) is 13.4. The molecule has 1 N–H and O–H groups in total. The molecule has 23 heavy (non-hydrogen) atoms. The number of rotatable bonds is 5. The summed E-state index contributed by atoms with van der Waals surface area (Å²) in [6, 6.07) is 5.35. The average molecular weight is 321 g/mol. The summed E-state index contributed by atoms with van der Waals surface area (Å²) in [5, 5.41) is 14.9. The molecule has 0 saturated carbocycles. The van der Waals surface area contributed by atoms with Gasteiger partial charge in [0.2, 0.25) is 0 Å². The Morgan fingerprint density at radius 3 is 2.48 bits per heavy atom. The van der Waals surface area contributed by atoms with Crippen LogP contribution in [0.4, 0.5) is 4.39 Å². The number of benzene rings is 1. The Labute approximate surface area is 133 Å². The van der Waals surface area contributed by atoms with Crippen LogP contribution in [-0.4, -0.2) is 31.4 Å². The quantitative estimate of drug-likeness (QED) is 0.853. The average Bonchev–Trinajstić information content (AvgIpc) is 2.89. The minimum absolute atomic E-state index is 0.00211. The van der Waals surface area contributed by atoms with Gasteiger partial charge in [-0.2, -0.15) is 5.10 Å². The molecule has 0 radical (unpaired) electrons. The molecule has 1 unspecified atom stereocenters. The maximum Gasteiger partial charge on any atom is 0.309 e. The normalized spacial score (nSPS) is 14.3. The number of aliphatic hydroxyl groups is 1. The predicted octanol–water partition coefficient (Wildman–Crippen LogP) is 2.04. The predicted molar refractivity (Wildman–Crippen MR) is 80.8 cm³/mol. The van der Waals surface area contributed by atoms with Gasteiger partial charge in [-0.25, -0.2) is 14.1 Å². The number of esters is 1. The monoisotopic (exact) mass is 321 g/mol. The highest BCUT2D eigenvalue weighted by Crippen LogP contribution is 2.28. The Morgan fingerprint density at radius 1 is 1.30 bits per heavy atom. The zero-order valence-corrected chi connectivity index (χ0v) is 13.4. The van der Waals surface area contributed by atoms with Crippen molar-refractivity contribution in [2.75, 3.05) is 0 Å². The first-order valence-corrected chi connectivity index (χ1v) is 7.21. The molecule has 0 aliphatic carbocycles. The summed E-state index contributed by atoms with van der Waals surface area (Å²) >= 11 is 0. The van der Waals surface area contributed by atoms with Crippen LogP contribution in [0.25, 0.3) is 0 Å². The van der Waals surface area contributed by atoms with Crippen molar-refractivity contribution in [2.24, 2.45) is 0 Å². The SMILES string of the molecule is CC(C)(C)OC(=O)CC(O)(Cn1cncn1)c1ccc(F)cc1. The van der Waals surface area contributed by atoms with Gasteiger partial charge in [0.1, 0.15) is 29.7 Å². The first-order valence-electron chi connectivity index (χ1n) is 7.21. The van der Waals surface area contributed by atoms with Gasteiger partial charge < -0.3 is 9.84 Å². The summed E-state index contributed by atoms with van der Waals surface area (Å²) in [4.78, 5) is 16.0. The van der Waals surface area contributed by atoms with Crippen LogP contribution in [-0.2, 0) is 21.7 Å². The molecule has 6 nitrogen and oxygen atoms in total. The van der Waals surface area contributed by atoms with E-state index in [2.05, 4.69) is 10.1 Å². The molecule has 2 aromatic rings. The highest BCUT2D eigenvalue weighted by atomic mass is 19.1. The van der Waals surface area contributed by atoms with Crippen LogP contribution in [0.1, 0.15) is 32.8 Å². The molecule has 0 bridgehead atoms. The van der Waals surface area contributed by atoms with Crippen molar-refractivity contribution in [3.05, 3.63) is 48.3 Å². The second-order valence-electron chi connectivity index (χ2n) is 6.39. The van der Waals surface area contributed by atoms with Crippen LogP contribution in [0.2, 0.25) is 0 Å². The number of nitrogens with zero attached hydrogens (tertiary/aromatic N) is 3. The van der Waals surface area contributed by atoms with Crippen molar-refractivity contribution in [3.63, 3.8) is 0 Å². The molecule has 2 rings (SSSR count). The van der Waals surface area contributed by atoms with Crippen molar-refractivity contribution >= 4 is 5.97 Å². The summed E-state index contributed by atoms with van der Waals surface area (Å²) in [6.45, 7) is 5.25. The Hall–Kier alpha value is -2.28. The molecule has 1 aromatic carbocycles. The fourth-order valence-corrected chi connectivity index (χ4v) is 2.21. The first-order chi connectivity index (χ1) is 10.7. The molecular weight excluding hydrogens is 301 g/mol. The molecule has 0 aliphatic heterocycles. The second-order valence-corrected chi connectivity index (χ2v) is 6.39. The topological polar surface area (TPSA) is 77.2 Å².